The third-order valence-corrected chi connectivity index (χ3v) is 6.47. The highest BCUT2D eigenvalue weighted by atomic mass is 32.2. The largest absolute Gasteiger partial charge is 0.490 e. The molecular formula is C18H20F3N3O5S2. The van der Waals surface area contributed by atoms with E-state index in [9.17, 15) is 26.4 Å². The van der Waals surface area contributed by atoms with Gasteiger partial charge < -0.3 is 15.7 Å². The quantitative estimate of drug-likeness (QED) is 0.689. The van der Waals surface area contributed by atoms with Crippen LogP contribution in [0.25, 0.3) is 11.3 Å². The number of carbonyl (C=O) groups excluding carboxylic acids is 1. The topological polar surface area (TPSA) is 131 Å². The molecule has 3 N–H and O–H groups in total. The molecule has 0 atom stereocenters. The van der Waals surface area contributed by atoms with Crippen LogP contribution in [0, 0.1) is 5.92 Å². The molecule has 3 rings (SSSR count). The molecule has 1 aliphatic heterocycles. The summed E-state index contributed by atoms with van der Waals surface area (Å²) in [7, 11) is -3.24. The van der Waals surface area contributed by atoms with Gasteiger partial charge in [0, 0.05) is 36.2 Å². The van der Waals surface area contributed by atoms with E-state index in [2.05, 4.69) is 9.88 Å². The van der Waals surface area contributed by atoms with Crippen molar-refractivity contribution in [1.82, 2.24) is 4.98 Å². The minimum Gasteiger partial charge on any atom is -0.475 e. The maximum Gasteiger partial charge on any atom is 0.490 e. The van der Waals surface area contributed by atoms with Crippen LogP contribution in [0.2, 0.25) is 0 Å². The van der Waals surface area contributed by atoms with E-state index in [1.54, 1.807) is 18.2 Å². The molecule has 2 aromatic rings. The zero-order valence-electron chi connectivity index (χ0n) is 16.3. The number of aliphatic carboxylic acids is 1. The van der Waals surface area contributed by atoms with Crippen LogP contribution < -0.4 is 10.6 Å². The van der Waals surface area contributed by atoms with Crippen molar-refractivity contribution in [2.45, 2.75) is 23.9 Å². The number of aromatic nitrogens is 1. The van der Waals surface area contributed by atoms with Gasteiger partial charge in [0.25, 0.3) is 0 Å². The zero-order chi connectivity index (χ0) is 23.4. The second kappa shape index (κ2) is 9.64. The monoisotopic (exact) mass is 479 g/mol. The van der Waals surface area contributed by atoms with Gasteiger partial charge in [-0.2, -0.15) is 13.2 Å². The number of sulfone groups is 1. The van der Waals surface area contributed by atoms with Gasteiger partial charge in [-0.05, 0) is 25.0 Å². The van der Waals surface area contributed by atoms with Crippen molar-refractivity contribution >= 4 is 38.2 Å². The lowest BCUT2D eigenvalue weighted by molar-refractivity contribution is -0.192. The van der Waals surface area contributed by atoms with Gasteiger partial charge in [0.15, 0.2) is 15.0 Å². The summed E-state index contributed by atoms with van der Waals surface area (Å²) >= 11 is 1.52. The number of rotatable bonds is 4. The molecule has 1 fully saturated rings. The Hall–Kier alpha value is -2.67. The van der Waals surface area contributed by atoms with Crippen LogP contribution in [-0.4, -0.2) is 55.9 Å². The fourth-order valence-electron chi connectivity index (χ4n) is 2.78. The average Bonchev–Trinajstić information content (AvgIpc) is 3.17. The van der Waals surface area contributed by atoms with Gasteiger partial charge in [-0.25, -0.2) is 18.2 Å². The number of primary amides is 1. The molecule has 1 aromatic heterocycles. The van der Waals surface area contributed by atoms with Crippen LogP contribution in [0.15, 0.2) is 34.5 Å². The molecule has 1 aromatic carbocycles. The van der Waals surface area contributed by atoms with E-state index in [0.29, 0.717) is 0 Å². The van der Waals surface area contributed by atoms with Crippen LogP contribution in [-0.2, 0) is 19.4 Å². The number of carbonyl (C=O) groups is 2. The summed E-state index contributed by atoms with van der Waals surface area (Å²) in [5.41, 5.74) is 6.91. The number of alkyl halides is 3. The van der Waals surface area contributed by atoms with E-state index in [1.165, 1.54) is 17.6 Å². The Morgan fingerprint density at radius 3 is 2.32 bits per heavy atom. The first kappa shape index (κ1) is 24.6. The predicted molar refractivity (Wildman–Crippen MR) is 108 cm³/mol. The summed E-state index contributed by atoms with van der Waals surface area (Å²) < 4.78 is 55.1. The van der Waals surface area contributed by atoms with Crippen LogP contribution in [0.5, 0.6) is 0 Å². The van der Waals surface area contributed by atoms with E-state index in [4.69, 9.17) is 15.6 Å². The molecule has 0 bridgehead atoms. The normalized spacial score (nSPS) is 15.2. The molecule has 1 amide bonds. The first-order valence-corrected chi connectivity index (χ1v) is 11.7. The predicted octanol–water partition coefficient (Wildman–Crippen LogP) is 2.55. The van der Waals surface area contributed by atoms with Crippen molar-refractivity contribution in [2.75, 3.05) is 24.2 Å². The lowest BCUT2D eigenvalue weighted by atomic mass is 9.97. The fourth-order valence-corrected chi connectivity index (χ4v) is 4.34. The first-order valence-electron chi connectivity index (χ1n) is 8.89. The van der Waals surface area contributed by atoms with Gasteiger partial charge >= 0.3 is 12.1 Å². The molecule has 170 valence electrons. The van der Waals surface area contributed by atoms with Crippen molar-refractivity contribution in [2.24, 2.45) is 11.7 Å². The van der Waals surface area contributed by atoms with Gasteiger partial charge in [-0.1, -0.05) is 12.1 Å². The summed E-state index contributed by atoms with van der Waals surface area (Å²) in [5, 5.41) is 9.94. The minimum absolute atomic E-state index is 0.0490. The number of amides is 1. The molecule has 0 spiro atoms. The van der Waals surface area contributed by atoms with Crippen molar-refractivity contribution in [3.05, 3.63) is 29.6 Å². The minimum atomic E-state index is -5.08. The number of hydrogen-bond donors (Lipinski definition) is 2. The van der Waals surface area contributed by atoms with Crippen molar-refractivity contribution in [1.29, 1.82) is 0 Å². The SMILES string of the molecule is CS(=O)(=O)c1cccc(-c2csc(N3CCC(C(N)=O)CC3)n2)c1.O=C(O)C(F)(F)F. The Labute approximate surface area is 180 Å². The first-order chi connectivity index (χ1) is 14.3. The Kier molecular flexibility index (Phi) is 7.65. The summed E-state index contributed by atoms with van der Waals surface area (Å²) in [4.78, 5) is 27.2. The molecule has 1 saturated heterocycles. The summed E-state index contributed by atoms with van der Waals surface area (Å²) in [6.07, 6.45) is -2.40. The molecule has 2 heterocycles. The second-order valence-corrected chi connectivity index (χ2v) is 9.63. The molecule has 8 nitrogen and oxygen atoms in total. The van der Waals surface area contributed by atoms with Gasteiger partial charge in [-0.15, -0.1) is 11.3 Å². The number of nitrogens with two attached hydrogens (primary N) is 1. The number of carboxylic acid groups (broad SMARTS) is 1. The number of hydrogen-bond acceptors (Lipinski definition) is 7. The molecular weight excluding hydrogens is 459 g/mol. The Morgan fingerprint density at radius 2 is 1.84 bits per heavy atom. The zero-order valence-corrected chi connectivity index (χ0v) is 17.9. The number of carboxylic acids is 1. The second-order valence-electron chi connectivity index (χ2n) is 6.78. The van der Waals surface area contributed by atoms with Gasteiger partial charge in [-0.3, -0.25) is 4.79 Å². The van der Waals surface area contributed by atoms with E-state index < -0.39 is 22.0 Å². The number of halogens is 3. The smallest absolute Gasteiger partial charge is 0.475 e. The highest BCUT2D eigenvalue weighted by Crippen LogP contribution is 2.31. The van der Waals surface area contributed by atoms with E-state index in [0.717, 1.165) is 42.3 Å². The van der Waals surface area contributed by atoms with Gasteiger partial charge in [0.2, 0.25) is 5.91 Å². The Balaban J connectivity index is 0.000000423. The third-order valence-electron chi connectivity index (χ3n) is 4.46. The van der Waals surface area contributed by atoms with Gasteiger partial charge in [0.1, 0.15) is 0 Å². The van der Waals surface area contributed by atoms with E-state index in [1.807, 2.05) is 11.4 Å². The number of piperidine rings is 1. The molecule has 1 aliphatic rings. The molecule has 0 aliphatic carbocycles. The standard InChI is InChI=1S/C16H19N3O3S2.C2HF3O2/c1-24(21,22)13-4-2-3-12(9-13)14-10-23-16(18-14)19-7-5-11(6-8-19)15(17)20;3-2(4,5)1(6)7/h2-4,9-11H,5-8H2,1H3,(H2,17,20);(H,6,7). The van der Waals surface area contributed by atoms with Crippen molar-refractivity contribution in [3.63, 3.8) is 0 Å². The van der Waals surface area contributed by atoms with Crippen LogP contribution >= 0.6 is 11.3 Å². The highest BCUT2D eigenvalue weighted by Gasteiger charge is 2.38. The molecule has 31 heavy (non-hydrogen) atoms. The van der Waals surface area contributed by atoms with E-state index in [-0.39, 0.29) is 16.7 Å². The number of thiazole rings is 1. The average molecular weight is 480 g/mol. The van der Waals surface area contributed by atoms with Crippen LogP contribution in [0.1, 0.15) is 12.8 Å². The molecule has 0 radical (unpaired) electrons. The maximum absolute atomic E-state index is 11.7. The Bertz CT molecular complexity index is 1050. The number of anilines is 1. The van der Waals surface area contributed by atoms with Crippen molar-refractivity contribution < 1.29 is 36.3 Å². The summed E-state index contributed by atoms with van der Waals surface area (Å²) in [5.74, 6) is -3.04. The van der Waals surface area contributed by atoms with E-state index >= 15 is 0 Å². The van der Waals surface area contributed by atoms with Crippen LogP contribution in [0.3, 0.4) is 0 Å². The van der Waals surface area contributed by atoms with Gasteiger partial charge in [0.05, 0.1) is 10.6 Å². The number of nitrogens with zero attached hydrogens (tertiary/aromatic N) is 2. The molecule has 13 heteroatoms. The third kappa shape index (κ3) is 6.92. The number of benzene rings is 1. The summed E-state index contributed by atoms with van der Waals surface area (Å²) in [6.45, 7) is 1.51. The molecule has 0 unspecified atom stereocenters. The molecule has 0 saturated carbocycles. The maximum atomic E-state index is 11.7. The Morgan fingerprint density at radius 1 is 1.26 bits per heavy atom. The van der Waals surface area contributed by atoms with Crippen LogP contribution in [0.4, 0.5) is 18.3 Å². The lowest BCUT2D eigenvalue weighted by Crippen LogP contribution is -2.38. The fraction of sp³-hybridized carbons (Fsp3) is 0.389. The lowest BCUT2D eigenvalue weighted by Gasteiger charge is -2.30. The van der Waals surface area contributed by atoms with Crippen molar-refractivity contribution in [3.8, 4) is 11.3 Å². The highest BCUT2D eigenvalue weighted by molar-refractivity contribution is 7.90. The summed E-state index contributed by atoms with van der Waals surface area (Å²) in [6, 6.07) is 6.81.